The van der Waals surface area contributed by atoms with Crippen LogP contribution in [0.25, 0.3) is 0 Å². The molecule has 1 aliphatic carbocycles. The van der Waals surface area contributed by atoms with Crippen molar-refractivity contribution < 1.29 is 4.43 Å². The van der Waals surface area contributed by atoms with Gasteiger partial charge >= 0.3 is 0 Å². The first-order valence-corrected chi connectivity index (χ1v) is 4.37. The van der Waals surface area contributed by atoms with Crippen molar-refractivity contribution >= 4 is 10.5 Å². The largest absolute Gasteiger partial charge is 0.418 e. The van der Waals surface area contributed by atoms with Gasteiger partial charge in [0.1, 0.15) is 10.5 Å². The monoisotopic (exact) mass is 154 g/mol. The molecular formula is C8H14OSi. The maximum atomic E-state index is 5.37. The molecule has 10 heavy (non-hydrogen) atoms. The molecule has 1 rings (SSSR count). The van der Waals surface area contributed by atoms with Gasteiger partial charge in [0.15, 0.2) is 0 Å². The van der Waals surface area contributed by atoms with E-state index in [2.05, 4.69) is 26.8 Å². The molecule has 56 valence electrons. The van der Waals surface area contributed by atoms with Crippen molar-refractivity contribution in [1.29, 1.82) is 0 Å². The Bertz CT molecular complexity index is 203. The Morgan fingerprint density at radius 3 is 2.20 bits per heavy atom. The maximum Gasteiger partial charge on any atom is 0.147 e. The number of hydrogen-bond acceptors (Lipinski definition) is 1. The summed E-state index contributed by atoms with van der Waals surface area (Å²) in [4.78, 5) is 0. The second-order valence-corrected chi connectivity index (χ2v) is 3.29. The second-order valence-electron chi connectivity index (χ2n) is 2.81. The Morgan fingerprint density at radius 2 is 2.00 bits per heavy atom. The molecule has 0 saturated heterocycles. The van der Waals surface area contributed by atoms with E-state index in [0.29, 0.717) is 6.10 Å². The van der Waals surface area contributed by atoms with Crippen LogP contribution in [-0.2, 0) is 4.43 Å². The SMILES string of the molecule is CC1=CC(O[SiH3])C(C)=C1C. The lowest BCUT2D eigenvalue weighted by Gasteiger charge is -2.07. The van der Waals surface area contributed by atoms with Crippen LogP contribution < -0.4 is 0 Å². The number of allylic oxidation sites excluding steroid dienone is 2. The summed E-state index contributed by atoms with van der Waals surface area (Å²) in [5.74, 6) is 0. The molecule has 2 heteroatoms. The van der Waals surface area contributed by atoms with Gasteiger partial charge in [-0.15, -0.1) is 0 Å². The molecule has 0 aromatic rings. The van der Waals surface area contributed by atoms with Crippen molar-refractivity contribution in [3.8, 4) is 0 Å². The van der Waals surface area contributed by atoms with E-state index in [1.807, 2.05) is 0 Å². The molecule has 0 radical (unpaired) electrons. The summed E-state index contributed by atoms with van der Waals surface area (Å²) in [7, 11) is 0.823. The van der Waals surface area contributed by atoms with E-state index in [1.54, 1.807) is 0 Å². The Kier molecular flexibility index (Phi) is 2.11. The third-order valence-electron chi connectivity index (χ3n) is 2.27. The van der Waals surface area contributed by atoms with Crippen LogP contribution in [0, 0.1) is 0 Å². The van der Waals surface area contributed by atoms with Crippen LogP contribution >= 0.6 is 0 Å². The predicted molar refractivity (Wildman–Crippen MR) is 46.9 cm³/mol. The quantitative estimate of drug-likeness (QED) is 0.511. The van der Waals surface area contributed by atoms with Crippen LogP contribution in [0.2, 0.25) is 0 Å². The normalized spacial score (nSPS) is 25.9. The molecule has 0 heterocycles. The fraction of sp³-hybridized carbons (Fsp3) is 0.500. The number of hydrogen-bond donors (Lipinski definition) is 0. The Hall–Kier alpha value is -0.343. The van der Waals surface area contributed by atoms with Crippen molar-refractivity contribution in [1.82, 2.24) is 0 Å². The highest BCUT2D eigenvalue weighted by Gasteiger charge is 2.16. The summed E-state index contributed by atoms with van der Waals surface area (Å²) in [6.45, 7) is 6.44. The van der Waals surface area contributed by atoms with Crippen LogP contribution in [0.3, 0.4) is 0 Å². The smallest absolute Gasteiger partial charge is 0.147 e. The van der Waals surface area contributed by atoms with E-state index >= 15 is 0 Å². The topological polar surface area (TPSA) is 9.23 Å². The van der Waals surface area contributed by atoms with Crippen LogP contribution in [0.5, 0.6) is 0 Å². The minimum absolute atomic E-state index is 0.298. The molecule has 0 spiro atoms. The molecular weight excluding hydrogens is 140 g/mol. The molecule has 1 atom stereocenters. The molecule has 0 aromatic heterocycles. The summed E-state index contributed by atoms with van der Waals surface area (Å²) in [5, 5.41) is 0. The van der Waals surface area contributed by atoms with Gasteiger partial charge in [-0.3, -0.25) is 0 Å². The van der Waals surface area contributed by atoms with E-state index in [1.165, 1.54) is 16.7 Å². The standard InChI is InChI=1S/C8H14OSi/c1-5-4-8(9-10)7(3)6(5)2/h4,8H,1-3,10H3. The Labute approximate surface area is 65.3 Å². The van der Waals surface area contributed by atoms with Gasteiger partial charge < -0.3 is 4.43 Å². The zero-order valence-corrected chi connectivity index (χ0v) is 9.06. The van der Waals surface area contributed by atoms with E-state index in [0.717, 1.165) is 10.5 Å². The van der Waals surface area contributed by atoms with Crippen molar-refractivity contribution in [3.63, 3.8) is 0 Å². The Balaban J connectivity index is 2.88. The first kappa shape index (κ1) is 7.76. The van der Waals surface area contributed by atoms with Gasteiger partial charge in [0, 0.05) is 0 Å². The van der Waals surface area contributed by atoms with E-state index in [4.69, 9.17) is 4.43 Å². The fourth-order valence-electron chi connectivity index (χ4n) is 1.25. The minimum Gasteiger partial charge on any atom is -0.418 e. The minimum atomic E-state index is 0.298. The van der Waals surface area contributed by atoms with E-state index in [-0.39, 0.29) is 0 Å². The van der Waals surface area contributed by atoms with Crippen LogP contribution in [0.4, 0.5) is 0 Å². The summed E-state index contributed by atoms with van der Waals surface area (Å²) >= 11 is 0. The highest BCUT2D eigenvalue weighted by molar-refractivity contribution is 5.98. The molecule has 0 aliphatic heterocycles. The van der Waals surface area contributed by atoms with Gasteiger partial charge in [0.25, 0.3) is 0 Å². The Morgan fingerprint density at radius 1 is 1.40 bits per heavy atom. The highest BCUT2D eigenvalue weighted by atomic mass is 28.2. The highest BCUT2D eigenvalue weighted by Crippen LogP contribution is 2.26. The summed E-state index contributed by atoms with van der Waals surface area (Å²) in [6, 6.07) is 0. The zero-order valence-electron chi connectivity index (χ0n) is 7.06. The van der Waals surface area contributed by atoms with E-state index < -0.39 is 0 Å². The lowest BCUT2D eigenvalue weighted by atomic mass is 10.1. The molecule has 1 nitrogen and oxygen atoms in total. The number of rotatable bonds is 1. The molecule has 0 N–H and O–H groups in total. The summed E-state index contributed by atoms with van der Waals surface area (Å²) in [5.41, 5.74) is 4.16. The molecule has 0 aromatic carbocycles. The molecule has 0 amide bonds. The predicted octanol–water partition coefficient (Wildman–Crippen LogP) is 0.948. The van der Waals surface area contributed by atoms with Crippen LogP contribution in [0.1, 0.15) is 20.8 Å². The van der Waals surface area contributed by atoms with Crippen molar-refractivity contribution in [2.45, 2.75) is 26.9 Å². The van der Waals surface area contributed by atoms with Gasteiger partial charge in [0.2, 0.25) is 0 Å². The molecule has 1 unspecified atom stereocenters. The van der Waals surface area contributed by atoms with Gasteiger partial charge in [-0.1, -0.05) is 0 Å². The first-order valence-electron chi connectivity index (χ1n) is 3.55. The van der Waals surface area contributed by atoms with Gasteiger partial charge in [-0.25, -0.2) is 0 Å². The van der Waals surface area contributed by atoms with Gasteiger partial charge in [-0.05, 0) is 43.6 Å². The lowest BCUT2D eigenvalue weighted by molar-refractivity contribution is 0.316. The molecule has 1 aliphatic rings. The summed E-state index contributed by atoms with van der Waals surface area (Å²) in [6.07, 6.45) is 2.49. The fourth-order valence-corrected chi connectivity index (χ4v) is 1.74. The molecule has 0 bridgehead atoms. The lowest BCUT2D eigenvalue weighted by Crippen LogP contribution is -2.06. The van der Waals surface area contributed by atoms with Crippen LogP contribution in [0.15, 0.2) is 22.8 Å². The molecule has 0 fully saturated rings. The van der Waals surface area contributed by atoms with Crippen molar-refractivity contribution in [2.75, 3.05) is 0 Å². The maximum absolute atomic E-state index is 5.37. The second kappa shape index (κ2) is 2.72. The van der Waals surface area contributed by atoms with Gasteiger partial charge in [0.05, 0.1) is 6.10 Å². The average Bonchev–Trinajstić information content (AvgIpc) is 2.17. The first-order chi connectivity index (χ1) is 4.66. The van der Waals surface area contributed by atoms with E-state index in [9.17, 15) is 0 Å². The van der Waals surface area contributed by atoms with Crippen molar-refractivity contribution in [2.24, 2.45) is 0 Å². The average molecular weight is 154 g/mol. The third kappa shape index (κ3) is 1.09. The van der Waals surface area contributed by atoms with Gasteiger partial charge in [-0.2, -0.15) is 0 Å². The third-order valence-corrected chi connectivity index (χ3v) is 2.77. The summed E-state index contributed by atoms with van der Waals surface area (Å²) < 4.78 is 5.37. The molecule has 0 saturated carbocycles. The van der Waals surface area contributed by atoms with Crippen molar-refractivity contribution in [3.05, 3.63) is 22.8 Å². The van der Waals surface area contributed by atoms with Crippen LogP contribution in [-0.4, -0.2) is 16.6 Å². The zero-order chi connectivity index (χ0) is 7.72.